The molecule has 1 saturated heterocycles. The quantitative estimate of drug-likeness (QED) is 0.349. The highest BCUT2D eigenvalue weighted by atomic mass is 19.1. The van der Waals surface area contributed by atoms with E-state index >= 15 is 0 Å². The molecule has 30 heavy (non-hydrogen) atoms. The van der Waals surface area contributed by atoms with Crippen molar-refractivity contribution in [3.63, 3.8) is 0 Å². The number of nitrogens with two attached hydrogens (primary N) is 1. The van der Waals surface area contributed by atoms with E-state index in [1.807, 2.05) is 18.2 Å². The molecular formula is C22H26FN5O2. The maximum atomic E-state index is 13.9. The van der Waals surface area contributed by atoms with E-state index in [9.17, 15) is 14.0 Å². The molecule has 158 valence electrons. The summed E-state index contributed by atoms with van der Waals surface area (Å²) >= 11 is 0. The largest absolute Gasteiger partial charge is 0.384 e. The number of benzene rings is 2. The Morgan fingerprint density at radius 2 is 2.00 bits per heavy atom. The van der Waals surface area contributed by atoms with Gasteiger partial charge in [-0.15, -0.1) is 0 Å². The van der Waals surface area contributed by atoms with E-state index in [2.05, 4.69) is 28.1 Å². The van der Waals surface area contributed by atoms with Gasteiger partial charge in [-0.25, -0.2) is 4.39 Å². The van der Waals surface area contributed by atoms with Gasteiger partial charge in [0.05, 0.1) is 11.6 Å². The first-order valence-corrected chi connectivity index (χ1v) is 9.84. The summed E-state index contributed by atoms with van der Waals surface area (Å²) in [7, 11) is 0. The first kappa shape index (κ1) is 21.4. The van der Waals surface area contributed by atoms with Gasteiger partial charge in [0, 0.05) is 13.1 Å². The Hall–Kier alpha value is -3.26. The SMILES string of the molecule is C[C@H](NC(=O)[C@H]1C[C@H](c2ccccc2)CN1)C(=O)NCc1ccc(C(=N)N)c(F)c1. The van der Waals surface area contributed by atoms with Crippen molar-refractivity contribution in [1.29, 1.82) is 5.41 Å². The zero-order valence-electron chi connectivity index (χ0n) is 16.7. The van der Waals surface area contributed by atoms with Gasteiger partial charge < -0.3 is 21.7 Å². The topological polar surface area (TPSA) is 120 Å². The van der Waals surface area contributed by atoms with Crippen LogP contribution in [0.3, 0.4) is 0 Å². The molecule has 1 aliphatic rings. The fourth-order valence-electron chi connectivity index (χ4n) is 3.52. The number of carbonyl (C=O) groups excluding carboxylic acids is 2. The van der Waals surface area contributed by atoms with Crippen LogP contribution in [0.5, 0.6) is 0 Å². The Kier molecular flexibility index (Phi) is 6.79. The lowest BCUT2D eigenvalue weighted by Gasteiger charge is -2.17. The van der Waals surface area contributed by atoms with Gasteiger partial charge in [-0.3, -0.25) is 15.0 Å². The van der Waals surface area contributed by atoms with Gasteiger partial charge in [-0.05, 0) is 42.5 Å². The Balaban J connectivity index is 1.48. The van der Waals surface area contributed by atoms with Crippen molar-refractivity contribution in [3.05, 3.63) is 71.0 Å². The van der Waals surface area contributed by atoms with Crippen molar-refractivity contribution in [2.45, 2.75) is 37.9 Å². The van der Waals surface area contributed by atoms with Crippen LogP contribution in [0.4, 0.5) is 4.39 Å². The van der Waals surface area contributed by atoms with Gasteiger partial charge in [0.2, 0.25) is 11.8 Å². The van der Waals surface area contributed by atoms with Crippen LogP contribution in [-0.2, 0) is 16.1 Å². The van der Waals surface area contributed by atoms with Gasteiger partial charge in [0.15, 0.2) is 0 Å². The number of hydrogen-bond acceptors (Lipinski definition) is 4. The fourth-order valence-corrected chi connectivity index (χ4v) is 3.52. The van der Waals surface area contributed by atoms with Crippen molar-refractivity contribution in [3.8, 4) is 0 Å². The standard InChI is InChI=1S/C22H26FN5O2/c1-13(21(29)27-11-14-7-8-17(20(24)25)18(23)9-14)28-22(30)19-10-16(12-26-19)15-5-3-2-4-6-15/h2-9,13,16,19,26H,10-12H2,1H3,(H3,24,25)(H,27,29)(H,28,30)/t13-,16-,19+/m0/s1. The molecule has 2 aromatic carbocycles. The number of carbonyl (C=O) groups is 2. The van der Waals surface area contributed by atoms with Crippen molar-refractivity contribution in [2.75, 3.05) is 6.54 Å². The molecule has 0 aliphatic carbocycles. The van der Waals surface area contributed by atoms with Crippen LogP contribution < -0.4 is 21.7 Å². The minimum atomic E-state index is -0.726. The number of amides is 2. The van der Waals surface area contributed by atoms with Crippen LogP contribution in [0.15, 0.2) is 48.5 Å². The zero-order valence-corrected chi connectivity index (χ0v) is 16.7. The maximum absolute atomic E-state index is 13.9. The number of amidine groups is 1. The van der Waals surface area contributed by atoms with Gasteiger partial charge in [-0.2, -0.15) is 0 Å². The summed E-state index contributed by atoms with van der Waals surface area (Å²) in [6, 6.07) is 13.2. The highest BCUT2D eigenvalue weighted by Gasteiger charge is 2.31. The second-order valence-electron chi connectivity index (χ2n) is 7.48. The van der Waals surface area contributed by atoms with Crippen molar-refractivity contribution in [2.24, 2.45) is 5.73 Å². The first-order valence-electron chi connectivity index (χ1n) is 9.84. The molecule has 8 heteroatoms. The zero-order chi connectivity index (χ0) is 21.7. The molecule has 2 amide bonds. The minimum Gasteiger partial charge on any atom is -0.384 e. The van der Waals surface area contributed by atoms with E-state index in [1.165, 1.54) is 17.7 Å². The number of nitrogen functional groups attached to an aromatic ring is 1. The highest BCUT2D eigenvalue weighted by Crippen LogP contribution is 2.25. The molecular weight excluding hydrogens is 385 g/mol. The molecule has 2 aromatic rings. The van der Waals surface area contributed by atoms with Crippen molar-refractivity contribution < 1.29 is 14.0 Å². The molecule has 6 N–H and O–H groups in total. The minimum absolute atomic E-state index is 0.0172. The summed E-state index contributed by atoms with van der Waals surface area (Å²) in [4.78, 5) is 24.8. The predicted octanol–water partition coefficient (Wildman–Crippen LogP) is 1.38. The van der Waals surface area contributed by atoms with E-state index in [1.54, 1.807) is 13.0 Å². The average molecular weight is 411 g/mol. The third-order valence-corrected chi connectivity index (χ3v) is 5.26. The number of halogens is 1. The molecule has 3 atom stereocenters. The smallest absolute Gasteiger partial charge is 0.242 e. The van der Waals surface area contributed by atoms with E-state index in [0.717, 1.165) is 0 Å². The number of hydrogen-bond donors (Lipinski definition) is 5. The fraction of sp³-hybridized carbons (Fsp3) is 0.318. The van der Waals surface area contributed by atoms with Crippen LogP contribution in [0.1, 0.15) is 36.0 Å². The Labute approximate surface area is 174 Å². The van der Waals surface area contributed by atoms with Crippen LogP contribution in [0, 0.1) is 11.2 Å². The van der Waals surface area contributed by atoms with Gasteiger partial charge in [-0.1, -0.05) is 36.4 Å². The summed E-state index contributed by atoms with van der Waals surface area (Å²) in [5, 5.41) is 15.9. The van der Waals surface area contributed by atoms with Crippen LogP contribution in [0.25, 0.3) is 0 Å². The normalized spacial score (nSPS) is 19.1. The Morgan fingerprint density at radius 1 is 1.27 bits per heavy atom. The van der Waals surface area contributed by atoms with Crippen LogP contribution in [-0.4, -0.2) is 36.3 Å². The Bertz CT molecular complexity index is 934. The van der Waals surface area contributed by atoms with Gasteiger partial charge in [0.25, 0.3) is 0 Å². The summed E-state index contributed by atoms with van der Waals surface area (Å²) in [6.45, 7) is 2.42. The van der Waals surface area contributed by atoms with E-state index < -0.39 is 11.9 Å². The molecule has 7 nitrogen and oxygen atoms in total. The molecule has 1 heterocycles. The summed E-state index contributed by atoms with van der Waals surface area (Å²) in [5.74, 6) is -1.28. The monoisotopic (exact) mass is 411 g/mol. The van der Waals surface area contributed by atoms with E-state index in [0.29, 0.717) is 18.5 Å². The molecule has 1 aliphatic heterocycles. The predicted molar refractivity (Wildman–Crippen MR) is 112 cm³/mol. The third kappa shape index (κ3) is 5.21. The second kappa shape index (κ2) is 9.49. The number of nitrogens with one attached hydrogen (secondary N) is 4. The van der Waals surface area contributed by atoms with Crippen LogP contribution in [0.2, 0.25) is 0 Å². The van der Waals surface area contributed by atoms with Crippen molar-refractivity contribution in [1.82, 2.24) is 16.0 Å². The first-order chi connectivity index (χ1) is 14.3. The highest BCUT2D eigenvalue weighted by molar-refractivity contribution is 5.95. The summed E-state index contributed by atoms with van der Waals surface area (Å²) < 4.78 is 13.9. The lowest BCUT2D eigenvalue weighted by atomic mass is 9.96. The molecule has 1 fully saturated rings. The second-order valence-corrected chi connectivity index (χ2v) is 7.48. The molecule has 3 rings (SSSR count). The summed E-state index contributed by atoms with van der Waals surface area (Å²) in [5.41, 5.74) is 7.04. The van der Waals surface area contributed by atoms with Gasteiger partial charge in [0.1, 0.15) is 17.7 Å². The van der Waals surface area contributed by atoms with E-state index in [4.69, 9.17) is 11.1 Å². The molecule has 0 spiro atoms. The maximum Gasteiger partial charge on any atom is 0.242 e. The molecule has 0 bridgehead atoms. The molecule has 0 unspecified atom stereocenters. The van der Waals surface area contributed by atoms with Crippen LogP contribution >= 0.6 is 0 Å². The third-order valence-electron chi connectivity index (χ3n) is 5.26. The summed E-state index contributed by atoms with van der Waals surface area (Å²) in [6.07, 6.45) is 0.673. The van der Waals surface area contributed by atoms with Crippen molar-refractivity contribution >= 4 is 17.6 Å². The molecule has 0 saturated carbocycles. The Morgan fingerprint density at radius 3 is 2.67 bits per heavy atom. The molecule has 0 radical (unpaired) electrons. The van der Waals surface area contributed by atoms with E-state index in [-0.39, 0.29) is 41.7 Å². The lowest BCUT2D eigenvalue weighted by molar-refractivity contribution is -0.129. The average Bonchev–Trinajstić information content (AvgIpc) is 3.23. The lowest BCUT2D eigenvalue weighted by Crippen LogP contribution is -2.49. The molecule has 0 aromatic heterocycles. The van der Waals surface area contributed by atoms with Gasteiger partial charge >= 0.3 is 0 Å². The number of rotatable bonds is 7.